The Hall–Kier alpha value is -3.43. The van der Waals surface area contributed by atoms with Gasteiger partial charge in [-0.15, -0.1) is 22.8 Å². The first kappa shape index (κ1) is 33.1. The summed E-state index contributed by atoms with van der Waals surface area (Å²) in [4.78, 5) is 12.8. The van der Waals surface area contributed by atoms with Crippen molar-refractivity contribution in [2.75, 3.05) is 19.0 Å². The molecule has 3 rings (SSSR count). The molecule has 0 amide bonds. The van der Waals surface area contributed by atoms with Crippen LogP contribution < -0.4 is 4.74 Å². The molecular formula is C36H42O3SSi2. The van der Waals surface area contributed by atoms with Gasteiger partial charge in [-0.1, -0.05) is 81.5 Å². The molecule has 0 unspecified atom stereocenters. The van der Waals surface area contributed by atoms with Gasteiger partial charge in [0.2, 0.25) is 0 Å². The van der Waals surface area contributed by atoms with E-state index in [9.17, 15) is 4.79 Å². The maximum absolute atomic E-state index is 11.6. The Morgan fingerprint density at radius 3 is 1.79 bits per heavy atom. The Labute approximate surface area is 259 Å². The molecule has 0 aromatic heterocycles. The third-order valence-corrected chi connectivity index (χ3v) is 8.56. The number of hydrogen-bond donors (Lipinski definition) is 0. The Kier molecular flexibility index (Phi) is 11.9. The van der Waals surface area contributed by atoms with E-state index in [-0.39, 0.29) is 12.6 Å². The van der Waals surface area contributed by atoms with Gasteiger partial charge in [0.1, 0.15) is 21.9 Å². The highest BCUT2D eigenvalue weighted by Gasteiger charge is 2.10. The molecule has 0 radical (unpaired) electrons. The Morgan fingerprint density at radius 2 is 1.33 bits per heavy atom. The fraction of sp³-hybridized carbons (Fsp3) is 0.306. The lowest BCUT2D eigenvalue weighted by Crippen LogP contribution is -2.16. The maximum atomic E-state index is 11.6. The van der Waals surface area contributed by atoms with Gasteiger partial charge in [0.15, 0.2) is 6.61 Å². The number of carbonyl (C=O) groups excluding carboxylic acids is 1. The molecule has 0 fully saturated rings. The average Bonchev–Trinajstić information content (AvgIpc) is 2.93. The summed E-state index contributed by atoms with van der Waals surface area (Å²) in [5.74, 6) is 7.85. The molecule has 0 heterocycles. The van der Waals surface area contributed by atoms with Gasteiger partial charge in [0.05, 0.1) is 6.61 Å². The maximum Gasteiger partial charge on any atom is 0.344 e. The van der Waals surface area contributed by atoms with Crippen molar-refractivity contribution in [1.29, 1.82) is 0 Å². The molecular weight excluding hydrogens is 569 g/mol. The lowest BCUT2D eigenvalue weighted by Gasteiger charge is -2.11. The first-order valence-corrected chi connectivity index (χ1v) is 22.3. The van der Waals surface area contributed by atoms with Crippen LogP contribution in [-0.2, 0) is 9.53 Å². The largest absolute Gasteiger partial charge is 0.482 e. The molecule has 3 aromatic rings. The van der Waals surface area contributed by atoms with Gasteiger partial charge in [-0.2, -0.15) is 0 Å². The van der Waals surface area contributed by atoms with Crippen molar-refractivity contribution in [2.24, 2.45) is 0 Å². The number of carbonyl (C=O) groups is 1. The van der Waals surface area contributed by atoms with E-state index < -0.39 is 16.1 Å². The first-order chi connectivity index (χ1) is 19.8. The molecule has 0 aliphatic heterocycles. The summed E-state index contributed by atoms with van der Waals surface area (Å²) in [5.41, 5.74) is 13.5. The topological polar surface area (TPSA) is 35.5 Å². The van der Waals surface area contributed by atoms with Crippen LogP contribution in [-0.4, -0.2) is 41.1 Å². The summed E-state index contributed by atoms with van der Waals surface area (Å²) in [7, 11) is -2.87. The van der Waals surface area contributed by atoms with Crippen LogP contribution in [0.4, 0.5) is 0 Å². The SMILES string of the molecule is CCOC(=O)COc1ccc(SCC=C(c2ccc(C#C[Si](C)(C)C)cc2)c2ccc(C#C[Si](C)(C)C)cc2)cc1C. The van der Waals surface area contributed by atoms with E-state index >= 15 is 0 Å². The molecule has 3 aromatic carbocycles. The van der Waals surface area contributed by atoms with E-state index in [0.29, 0.717) is 12.4 Å². The van der Waals surface area contributed by atoms with Crippen molar-refractivity contribution in [3.05, 3.63) is 101 Å². The number of thioether (sulfide) groups is 1. The number of aryl methyl sites for hydroxylation is 1. The van der Waals surface area contributed by atoms with E-state index in [1.165, 1.54) is 5.57 Å². The second-order valence-electron chi connectivity index (χ2n) is 12.1. The molecule has 0 saturated carbocycles. The predicted molar refractivity (Wildman–Crippen MR) is 184 cm³/mol. The molecule has 6 heteroatoms. The van der Waals surface area contributed by atoms with Crippen molar-refractivity contribution in [3.63, 3.8) is 0 Å². The van der Waals surface area contributed by atoms with Gasteiger partial charge in [0, 0.05) is 21.8 Å². The van der Waals surface area contributed by atoms with Crippen LogP contribution in [0.5, 0.6) is 5.75 Å². The number of rotatable bonds is 9. The third kappa shape index (κ3) is 11.5. The Morgan fingerprint density at radius 1 is 0.810 bits per heavy atom. The van der Waals surface area contributed by atoms with E-state index in [0.717, 1.165) is 38.5 Å². The van der Waals surface area contributed by atoms with Gasteiger partial charge in [0.25, 0.3) is 0 Å². The minimum Gasteiger partial charge on any atom is -0.482 e. The quantitative estimate of drug-likeness (QED) is 0.105. The summed E-state index contributed by atoms with van der Waals surface area (Å²) in [5, 5.41) is 0. The van der Waals surface area contributed by atoms with Crippen molar-refractivity contribution < 1.29 is 14.3 Å². The number of ether oxygens (including phenoxy) is 2. The van der Waals surface area contributed by atoms with Crippen molar-refractivity contribution >= 4 is 39.5 Å². The zero-order valence-corrected chi connectivity index (χ0v) is 29.0. The van der Waals surface area contributed by atoms with Crippen molar-refractivity contribution in [3.8, 4) is 28.7 Å². The Bertz CT molecular complexity index is 1440. The van der Waals surface area contributed by atoms with Crippen LogP contribution in [0.1, 0.15) is 34.7 Å². The van der Waals surface area contributed by atoms with Crippen molar-refractivity contribution in [1.82, 2.24) is 0 Å². The normalized spacial score (nSPS) is 11.0. The highest BCUT2D eigenvalue weighted by Crippen LogP contribution is 2.29. The van der Waals surface area contributed by atoms with Crippen LogP contribution >= 0.6 is 11.8 Å². The average molecular weight is 611 g/mol. The summed E-state index contributed by atoms with van der Waals surface area (Å²) in [6.07, 6.45) is 2.29. The summed E-state index contributed by atoms with van der Waals surface area (Å²) in [6.45, 7) is 17.6. The predicted octanol–water partition coefficient (Wildman–Crippen LogP) is 8.62. The van der Waals surface area contributed by atoms with Crippen LogP contribution in [0.2, 0.25) is 39.3 Å². The molecule has 218 valence electrons. The molecule has 0 saturated heterocycles. The highest BCUT2D eigenvalue weighted by atomic mass is 32.2. The van der Waals surface area contributed by atoms with Gasteiger partial charge in [-0.05, 0) is 78.6 Å². The van der Waals surface area contributed by atoms with Crippen molar-refractivity contribution in [2.45, 2.75) is 58.0 Å². The van der Waals surface area contributed by atoms with Gasteiger partial charge >= 0.3 is 5.97 Å². The van der Waals surface area contributed by atoms with Crippen LogP contribution in [0, 0.1) is 29.9 Å². The van der Waals surface area contributed by atoms with E-state index in [2.05, 4.69) is 123 Å². The zero-order chi connectivity index (χ0) is 30.8. The molecule has 0 aliphatic rings. The molecule has 42 heavy (non-hydrogen) atoms. The minimum atomic E-state index is -1.44. The molecule has 0 aliphatic carbocycles. The fourth-order valence-electron chi connectivity index (χ4n) is 3.82. The fourth-order valence-corrected chi connectivity index (χ4v) is 5.73. The first-order valence-electron chi connectivity index (χ1n) is 14.3. The van der Waals surface area contributed by atoms with Crippen LogP contribution in [0.15, 0.2) is 77.7 Å². The standard InChI is InChI=1S/C36H42O3SSi2/c1-9-38-36(37)27-39-35-19-18-33(26-28(35)2)40-23-20-34(31-14-10-29(11-15-31)21-24-41(3,4)5)32-16-12-30(13-17-32)22-25-42(6,7)8/h10-20,26H,9,23,27H2,1-8H3. The molecule has 0 spiro atoms. The van der Waals surface area contributed by atoms with Gasteiger partial charge in [-0.25, -0.2) is 4.79 Å². The molecule has 0 atom stereocenters. The summed E-state index contributed by atoms with van der Waals surface area (Å²) >= 11 is 1.76. The van der Waals surface area contributed by atoms with Gasteiger partial charge in [-0.3, -0.25) is 0 Å². The summed E-state index contributed by atoms with van der Waals surface area (Å²) < 4.78 is 10.6. The van der Waals surface area contributed by atoms with E-state index in [1.807, 2.05) is 19.1 Å². The second-order valence-corrected chi connectivity index (χ2v) is 22.7. The smallest absolute Gasteiger partial charge is 0.344 e. The number of esters is 1. The van der Waals surface area contributed by atoms with E-state index in [1.54, 1.807) is 18.7 Å². The Balaban J connectivity index is 1.83. The molecule has 3 nitrogen and oxygen atoms in total. The number of hydrogen-bond acceptors (Lipinski definition) is 4. The van der Waals surface area contributed by atoms with E-state index in [4.69, 9.17) is 9.47 Å². The minimum absolute atomic E-state index is 0.0850. The summed E-state index contributed by atoms with van der Waals surface area (Å²) in [6, 6.07) is 23.2. The zero-order valence-electron chi connectivity index (χ0n) is 26.2. The lowest BCUT2D eigenvalue weighted by atomic mass is 9.96. The van der Waals surface area contributed by atoms with Crippen LogP contribution in [0.25, 0.3) is 5.57 Å². The third-order valence-electron chi connectivity index (χ3n) is 5.89. The lowest BCUT2D eigenvalue weighted by molar-refractivity contribution is -0.145. The monoisotopic (exact) mass is 610 g/mol. The molecule has 0 bridgehead atoms. The highest BCUT2D eigenvalue weighted by molar-refractivity contribution is 7.99. The van der Waals surface area contributed by atoms with Gasteiger partial charge < -0.3 is 9.47 Å². The number of benzene rings is 3. The second kappa shape index (κ2) is 15.2. The van der Waals surface area contributed by atoms with Crippen LogP contribution in [0.3, 0.4) is 0 Å². The molecule has 0 N–H and O–H groups in total.